The monoisotopic (exact) mass is 261 g/mol. The molecule has 0 fully saturated rings. The van der Waals surface area contributed by atoms with E-state index >= 15 is 0 Å². The number of esters is 1. The third kappa shape index (κ3) is 3.08. The second kappa shape index (κ2) is 5.84. The van der Waals surface area contributed by atoms with E-state index < -0.39 is 18.2 Å². The van der Waals surface area contributed by atoms with Crippen LogP contribution < -0.4 is 5.73 Å². The largest absolute Gasteiger partial charge is 0.506 e. The summed E-state index contributed by atoms with van der Waals surface area (Å²) in [4.78, 5) is 11.2. The number of alkyl halides is 1. The molecule has 0 bridgehead atoms. The lowest BCUT2D eigenvalue weighted by Crippen LogP contribution is -2.31. The standard InChI is InChI=1S/C11H13ClFNO3/c1-2-17-11(16)8(13)9(14)6-4-3-5-7(12)10(6)15/h3-5,8-9,15H,2,14H2,1H3/t8?,9-/m0/s1. The molecule has 1 unspecified atom stereocenters. The van der Waals surface area contributed by atoms with Gasteiger partial charge >= 0.3 is 5.97 Å². The number of rotatable bonds is 4. The van der Waals surface area contributed by atoms with Crippen molar-refractivity contribution in [1.82, 2.24) is 0 Å². The number of nitrogens with two attached hydrogens (primary N) is 1. The molecule has 0 saturated heterocycles. The highest BCUT2D eigenvalue weighted by molar-refractivity contribution is 6.32. The first-order chi connectivity index (χ1) is 7.99. The maximum Gasteiger partial charge on any atom is 0.342 e. The molecule has 0 aliphatic heterocycles. The Balaban J connectivity index is 2.92. The summed E-state index contributed by atoms with van der Waals surface area (Å²) >= 11 is 5.66. The maximum absolute atomic E-state index is 13.6. The average Bonchev–Trinajstić information content (AvgIpc) is 2.31. The van der Waals surface area contributed by atoms with Gasteiger partial charge in [-0.3, -0.25) is 0 Å². The molecule has 17 heavy (non-hydrogen) atoms. The number of para-hydroxylation sites is 1. The molecular weight excluding hydrogens is 249 g/mol. The molecular formula is C11H13ClFNO3. The lowest BCUT2D eigenvalue weighted by atomic mass is 10.0. The molecule has 0 aliphatic rings. The molecule has 4 nitrogen and oxygen atoms in total. The fourth-order valence-corrected chi connectivity index (χ4v) is 1.51. The third-order valence-corrected chi connectivity index (χ3v) is 2.51. The number of halogens is 2. The second-order valence-electron chi connectivity index (χ2n) is 3.36. The molecule has 6 heteroatoms. The zero-order valence-corrected chi connectivity index (χ0v) is 9.95. The molecule has 0 saturated carbocycles. The van der Waals surface area contributed by atoms with E-state index in [1.165, 1.54) is 18.2 Å². The van der Waals surface area contributed by atoms with E-state index in [2.05, 4.69) is 4.74 Å². The van der Waals surface area contributed by atoms with Crippen molar-refractivity contribution in [2.45, 2.75) is 19.1 Å². The second-order valence-corrected chi connectivity index (χ2v) is 3.76. The van der Waals surface area contributed by atoms with Crippen molar-refractivity contribution in [2.24, 2.45) is 5.73 Å². The number of phenols is 1. The number of phenolic OH excluding ortho intramolecular Hbond substituents is 1. The van der Waals surface area contributed by atoms with E-state index in [1.807, 2.05) is 0 Å². The molecule has 3 N–H and O–H groups in total. The summed E-state index contributed by atoms with van der Waals surface area (Å²) in [7, 11) is 0. The molecule has 0 aromatic heterocycles. The first-order valence-electron chi connectivity index (χ1n) is 5.02. The van der Waals surface area contributed by atoms with E-state index in [-0.39, 0.29) is 22.9 Å². The summed E-state index contributed by atoms with van der Waals surface area (Å²) in [6, 6.07) is 3.03. The molecule has 2 atom stereocenters. The highest BCUT2D eigenvalue weighted by Crippen LogP contribution is 2.32. The Morgan fingerprint density at radius 2 is 2.29 bits per heavy atom. The lowest BCUT2D eigenvalue weighted by Gasteiger charge is -2.17. The van der Waals surface area contributed by atoms with E-state index in [9.17, 15) is 14.3 Å². The number of ether oxygens (including phenoxy) is 1. The Morgan fingerprint density at radius 1 is 1.65 bits per heavy atom. The lowest BCUT2D eigenvalue weighted by molar-refractivity contribution is -0.149. The number of hydrogen-bond donors (Lipinski definition) is 2. The highest BCUT2D eigenvalue weighted by atomic mass is 35.5. The van der Waals surface area contributed by atoms with Gasteiger partial charge in [0.05, 0.1) is 17.7 Å². The summed E-state index contributed by atoms with van der Waals surface area (Å²) < 4.78 is 18.1. The Morgan fingerprint density at radius 3 is 2.88 bits per heavy atom. The minimum Gasteiger partial charge on any atom is -0.506 e. The molecule has 1 aromatic carbocycles. The average molecular weight is 262 g/mol. The van der Waals surface area contributed by atoms with Gasteiger partial charge in [-0.1, -0.05) is 23.7 Å². The van der Waals surface area contributed by atoms with Crippen molar-refractivity contribution in [3.05, 3.63) is 28.8 Å². The predicted octanol–water partition coefficient (Wildman–Crippen LogP) is 1.95. The van der Waals surface area contributed by atoms with Crippen LogP contribution in [-0.4, -0.2) is 23.9 Å². The van der Waals surface area contributed by atoms with Crippen molar-refractivity contribution in [3.8, 4) is 5.75 Å². The van der Waals surface area contributed by atoms with Crippen LogP contribution in [0.1, 0.15) is 18.5 Å². The number of benzene rings is 1. The zero-order valence-electron chi connectivity index (χ0n) is 9.19. The van der Waals surface area contributed by atoms with Crippen molar-refractivity contribution in [2.75, 3.05) is 6.61 Å². The first-order valence-corrected chi connectivity index (χ1v) is 5.40. The third-order valence-electron chi connectivity index (χ3n) is 2.20. The number of carbonyl (C=O) groups excluding carboxylic acids is 1. The van der Waals surface area contributed by atoms with Gasteiger partial charge in [0.15, 0.2) is 0 Å². The van der Waals surface area contributed by atoms with Gasteiger partial charge in [-0.15, -0.1) is 0 Å². The van der Waals surface area contributed by atoms with Gasteiger partial charge in [-0.25, -0.2) is 9.18 Å². The van der Waals surface area contributed by atoms with Crippen LogP contribution in [0.5, 0.6) is 5.75 Å². The normalized spacial score (nSPS) is 14.1. The van der Waals surface area contributed by atoms with Gasteiger partial charge < -0.3 is 15.6 Å². The fraction of sp³-hybridized carbons (Fsp3) is 0.364. The summed E-state index contributed by atoms with van der Waals surface area (Å²) in [6.45, 7) is 1.63. The molecule has 1 aromatic rings. The smallest absolute Gasteiger partial charge is 0.342 e. The summed E-state index contributed by atoms with van der Waals surface area (Å²) in [5, 5.41) is 9.65. The molecule has 0 heterocycles. The SMILES string of the molecule is CCOC(=O)C(F)[C@@H](N)c1cccc(Cl)c1O. The minimum atomic E-state index is -2.04. The van der Waals surface area contributed by atoms with Crippen LogP contribution in [0.3, 0.4) is 0 Å². The molecule has 94 valence electrons. The number of hydrogen-bond acceptors (Lipinski definition) is 4. The zero-order chi connectivity index (χ0) is 13.0. The van der Waals surface area contributed by atoms with Crippen LogP contribution in [0.2, 0.25) is 5.02 Å². The molecule has 0 amide bonds. The first kappa shape index (κ1) is 13.7. The van der Waals surface area contributed by atoms with Crippen molar-refractivity contribution < 1.29 is 19.0 Å². The summed E-state index contributed by atoms with van der Waals surface area (Å²) in [6.07, 6.45) is -2.04. The van der Waals surface area contributed by atoms with Gasteiger partial charge in [0.1, 0.15) is 5.75 Å². The Hall–Kier alpha value is -1.33. The number of carbonyl (C=O) groups is 1. The van der Waals surface area contributed by atoms with Gasteiger partial charge in [0.25, 0.3) is 0 Å². The molecule has 1 rings (SSSR count). The van der Waals surface area contributed by atoms with Gasteiger partial charge in [0.2, 0.25) is 6.17 Å². The Kier molecular flexibility index (Phi) is 4.72. The van der Waals surface area contributed by atoms with Crippen molar-refractivity contribution >= 4 is 17.6 Å². The molecule has 0 radical (unpaired) electrons. The van der Waals surface area contributed by atoms with Gasteiger partial charge in [-0.2, -0.15) is 0 Å². The summed E-state index contributed by atoms with van der Waals surface area (Å²) in [5.74, 6) is -1.38. The number of aromatic hydroxyl groups is 1. The van der Waals surface area contributed by atoms with Crippen LogP contribution in [0.4, 0.5) is 4.39 Å². The van der Waals surface area contributed by atoms with Crippen molar-refractivity contribution in [1.29, 1.82) is 0 Å². The van der Waals surface area contributed by atoms with Crippen molar-refractivity contribution in [3.63, 3.8) is 0 Å². The molecule has 0 aliphatic carbocycles. The maximum atomic E-state index is 13.6. The summed E-state index contributed by atoms with van der Waals surface area (Å²) in [5.41, 5.74) is 5.61. The van der Waals surface area contributed by atoms with Crippen LogP contribution >= 0.6 is 11.6 Å². The van der Waals surface area contributed by atoms with Crippen LogP contribution in [0, 0.1) is 0 Å². The van der Waals surface area contributed by atoms with Crippen LogP contribution in [0.25, 0.3) is 0 Å². The minimum absolute atomic E-state index is 0.0500. The molecule has 0 spiro atoms. The van der Waals surface area contributed by atoms with E-state index in [0.717, 1.165) is 0 Å². The van der Waals surface area contributed by atoms with E-state index in [1.54, 1.807) is 6.92 Å². The predicted molar refractivity (Wildman–Crippen MR) is 61.6 cm³/mol. The Labute approximate surface area is 103 Å². The van der Waals surface area contributed by atoms with Crippen LogP contribution in [0.15, 0.2) is 18.2 Å². The quantitative estimate of drug-likeness (QED) is 0.813. The van der Waals surface area contributed by atoms with E-state index in [0.29, 0.717) is 0 Å². The van der Waals surface area contributed by atoms with Gasteiger partial charge in [-0.05, 0) is 13.0 Å². The van der Waals surface area contributed by atoms with Gasteiger partial charge in [0, 0.05) is 5.56 Å². The topological polar surface area (TPSA) is 72.5 Å². The highest BCUT2D eigenvalue weighted by Gasteiger charge is 2.29. The Bertz CT molecular complexity index is 414. The van der Waals surface area contributed by atoms with E-state index in [4.69, 9.17) is 17.3 Å². The van der Waals surface area contributed by atoms with Crippen LogP contribution in [-0.2, 0) is 9.53 Å². The fourth-order valence-electron chi connectivity index (χ4n) is 1.33.